The molecule has 4 heteroatoms. The fraction of sp³-hybridized carbons (Fsp3) is 0.409. The van der Waals surface area contributed by atoms with Crippen LogP contribution in [-0.2, 0) is 11.3 Å². The number of carbonyl (C=O) groups is 1. The number of benzene rings is 2. The molecule has 3 nitrogen and oxygen atoms in total. The van der Waals surface area contributed by atoms with Gasteiger partial charge in [-0.1, -0.05) is 42.5 Å². The Balaban J connectivity index is 1.66. The van der Waals surface area contributed by atoms with Gasteiger partial charge < -0.3 is 5.32 Å². The number of likely N-dealkylation sites (N-methyl/N-ethyl adjacent to an activating group) is 1. The number of hydrogen-bond donors (Lipinski definition) is 1. The van der Waals surface area contributed by atoms with E-state index in [1.807, 2.05) is 13.0 Å². The van der Waals surface area contributed by atoms with Gasteiger partial charge in [0.15, 0.2) is 0 Å². The Hall–Kier alpha value is -2.20. The van der Waals surface area contributed by atoms with Crippen molar-refractivity contribution < 1.29 is 9.18 Å². The van der Waals surface area contributed by atoms with Gasteiger partial charge in [-0.15, -0.1) is 0 Å². The molecular weight excluding hydrogens is 327 g/mol. The molecule has 1 aliphatic rings. The molecule has 1 heterocycles. The lowest BCUT2D eigenvalue weighted by atomic mass is 9.79. The molecule has 2 aromatic rings. The Morgan fingerprint density at radius 3 is 2.38 bits per heavy atom. The van der Waals surface area contributed by atoms with Gasteiger partial charge >= 0.3 is 0 Å². The van der Waals surface area contributed by atoms with Crippen LogP contribution in [0.5, 0.6) is 0 Å². The van der Waals surface area contributed by atoms with E-state index in [1.165, 1.54) is 17.7 Å². The van der Waals surface area contributed by atoms with Crippen LogP contribution in [-0.4, -0.2) is 30.4 Å². The maximum absolute atomic E-state index is 13.3. The zero-order valence-electron chi connectivity index (χ0n) is 15.3. The summed E-state index contributed by atoms with van der Waals surface area (Å²) in [6.07, 6.45) is 1.96. The van der Waals surface area contributed by atoms with E-state index in [1.54, 1.807) is 12.1 Å². The van der Waals surface area contributed by atoms with Gasteiger partial charge in [0, 0.05) is 13.1 Å². The topological polar surface area (TPSA) is 32.3 Å². The van der Waals surface area contributed by atoms with Gasteiger partial charge in [0.2, 0.25) is 5.91 Å². The summed E-state index contributed by atoms with van der Waals surface area (Å²) in [5.74, 6) is -0.116. The van der Waals surface area contributed by atoms with Gasteiger partial charge in [-0.25, -0.2) is 4.39 Å². The van der Waals surface area contributed by atoms with Crippen LogP contribution in [0.15, 0.2) is 54.6 Å². The molecule has 1 saturated heterocycles. The zero-order valence-corrected chi connectivity index (χ0v) is 15.3. The molecule has 0 bridgehead atoms. The van der Waals surface area contributed by atoms with E-state index in [9.17, 15) is 9.18 Å². The summed E-state index contributed by atoms with van der Waals surface area (Å²) in [6.45, 7) is 5.47. The maximum atomic E-state index is 13.3. The van der Waals surface area contributed by atoms with Gasteiger partial charge in [0.1, 0.15) is 5.82 Å². The standard InChI is InChI=1S/C22H27FN2O/c1-2-24-22(26)21(18-8-10-20(23)11-9-18)19-12-14-25(15-13-19)16-17-6-4-3-5-7-17/h3-11,19,21H,2,12-16H2,1H3,(H,24,26). The van der Waals surface area contributed by atoms with Crippen LogP contribution in [0.2, 0.25) is 0 Å². The molecule has 138 valence electrons. The first-order chi connectivity index (χ1) is 12.7. The molecule has 1 atom stereocenters. The van der Waals surface area contributed by atoms with Crippen molar-refractivity contribution in [2.45, 2.75) is 32.2 Å². The van der Waals surface area contributed by atoms with Gasteiger partial charge in [0.25, 0.3) is 0 Å². The molecule has 0 aliphatic carbocycles. The predicted molar refractivity (Wildman–Crippen MR) is 102 cm³/mol. The second-order valence-corrected chi connectivity index (χ2v) is 7.02. The van der Waals surface area contributed by atoms with E-state index in [2.05, 4.69) is 34.5 Å². The summed E-state index contributed by atoms with van der Waals surface area (Å²) in [6, 6.07) is 16.9. The number of nitrogens with one attached hydrogen (secondary N) is 1. The van der Waals surface area contributed by atoms with E-state index in [-0.39, 0.29) is 17.6 Å². The average molecular weight is 354 g/mol. The molecule has 1 aliphatic heterocycles. The third kappa shape index (κ3) is 4.70. The monoisotopic (exact) mass is 354 g/mol. The molecule has 1 N–H and O–H groups in total. The molecule has 3 rings (SSSR count). The lowest BCUT2D eigenvalue weighted by Crippen LogP contribution is -2.40. The van der Waals surface area contributed by atoms with Crippen LogP contribution in [0.3, 0.4) is 0 Å². The van der Waals surface area contributed by atoms with E-state index < -0.39 is 0 Å². The number of piperidine rings is 1. The first kappa shape index (κ1) is 18.6. The van der Waals surface area contributed by atoms with Crippen molar-refractivity contribution >= 4 is 5.91 Å². The molecule has 1 fully saturated rings. The Morgan fingerprint density at radius 1 is 1.12 bits per heavy atom. The molecule has 26 heavy (non-hydrogen) atoms. The lowest BCUT2D eigenvalue weighted by molar-refractivity contribution is -0.124. The van der Waals surface area contributed by atoms with E-state index >= 15 is 0 Å². The number of hydrogen-bond acceptors (Lipinski definition) is 2. The van der Waals surface area contributed by atoms with Crippen molar-refractivity contribution in [3.05, 3.63) is 71.5 Å². The quantitative estimate of drug-likeness (QED) is 0.852. The highest BCUT2D eigenvalue weighted by molar-refractivity contribution is 5.84. The molecule has 1 amide bonds. The van der Waals surface area contributed by atoms with Crippen molar-refractivity contribution in [1.29, 1.82) is 0 Å². The molecule has 0 spiro atoms. The second-order valence-electron chi connectivity index (χ2n) is 7.02. The van der Waals surface area contributed by atoms with Gasteiger partial charge in [-0.2, -0.15) is 0 Å². The lowest BCUT2D eigenvalue weighted by Gasteiger charge is -2.35. The smallest absolute Gasteiger partial charge is 0.227 e. The summed E-state index contributed by atoms with van der Waals surface area (Å²) in [7, 11) is 0. The van der Waals surface area contributed by atoms with E-state index in [0.29, 0.717) is 12.5 Å². The molecule has 0 saturated carbocycles. The first-order valence-electron chi connectivity index (χ1n) is 9.47. The minimum Gasteiger partial charge on any atom is -0.356 e. The Kier molecular flexibility index (Phi) is 6.40. The summed E-state index contributed by atoms with van der Waals surface area (Å²) in [5.41, 5.74) is 2.24. The number of rotatable bonds is 6. The number of carbonyl (C=O) groups excluding carboxylic acids is 1. The zero-order chi connectivity index (χ0) is 18.4. The third-order valence-corrected chi connectivity index (χ3v) is 5.22. The molecule has 0 aromatic heterocycles. The fourth-order valence-corrected chi connectivity index (χ4v) is 3.88. The van der Waals surface area contributed by atoms with Crippen molar-refractivity contribution in [2.24, 2.45) is 5.92 Å². The summed E-state index contributed by atoms with van der Waals surface area (Å²) in [4.78, 5) is 15.1. The van der Waals surface area contributed by atoms with Crippen molar-refractivity contribution in [2.75, 3.05) is 19.6 Å². The highest BCUT2D eigenvalue weighted by atomic mass is 19.1. The van der Waals surface area contributed by atoms with Crippen LogP contribution < -0.4 is 5.32 Å². The van der Waals surface area contributed by atoms with Crippen LogP contribution in [0.1, 0.15) is 36.8 Å². The van der Waals surface area contributed by atoms with Crippen LogP contribution in [0, 0.1) is 11.7 Å². The largest absolute Gasteiger partial charge is 0.356 e. The third-order valence-electron chi connectivity index (χ3n) is 5.22. The maximum Gasteiger partial charge on any atom is 0.227 e. The molecule has 0 radical (unpaired) electrons. The first-order valence-corrected chi connectivity index (χ1v) is 9.47. The van der Waals surface area contributed by atoms with Gasteiger partial charge in [-0.3, -0.25) is 9.69 Å². The van der Waals surface area contributed by atoms with Gasteiger partial charge in [-0.05, 0) is 62.0 Å². The average Bonchev–Trinajstić information content (AvgIpc) is 2.66. The Bertz CT molecular complexity index is 694. The van der Waals surface area contributed by atoms with Crippen LogP contribution in [0.4, 0.5) is 4.39 Å². The Morgan fingerprint density at radius 2 is 1.77 bits per heavy atom. The highest BCUT2D eigenvalue weighted by Crippen LogP contribution is 2.33. The summed E-state index contributed by atoms with van der Waals surface area (Å²) >= 11 is 0. The molecule has 2 aromatic carbocycles. The predicted octanol–water partition coefficient (Wildman–Crippen LogP) is 3.96. The van der Waals surface area contributed by atoms with Crippen molar-refractivity contribution in [1.82, 2.24) is 10.2 Å². The molecular formula is C22H27FN2O. The molecule has 1 unspecified atom stereocenters. The van der Waals surface area contributed by atoms with E-state index in [0.717, 1.165) is 38.0 Å². The number of halogens is 1. The fourth-order valence-electron chi connectivity index (χ4n) is 3.88. The number of amides is 1. The summed E-state index contributed by atoms with van der Waals surface area (Å²) in [5, 5.41) is 2.96. The van der Waals surface area contributed by atoms with E-state index in [4.69, 9.17) is 0 Å². The highest BCUT2D eigenvalue weighted by Gasteiger charge is 2.32. The number of likely N-dealkylation sites (tertiary alicyclic amines) is 1. The minimum absolute atomic E-state index is 0.0561. The van der Waals surface area contributed by atoms with Crippen LogP contribution in [0.25, 0.3) is 0 Å². The van der Waals surface area contributed by atoms with Gasteiger partial charge in [0.05, 0.1) is 5.92 Å². The normalized spacial score (nSPS) is 17.0. The van der Waals surface area contributed by atoms with Crippen molar-refractivity contribution in [3.63, 3.8) is 0 Å². The second kappa shape index (κ2) is 8.95. The summed E-state index contributed by atoms with van der Waals surface area (Å²) < 4.78 is 13.3. The number of nitrogens with zero attached hydrogens (tertiary/aromatic N) is 1. The Labute approximate surface area is 155 Å². The van der Waals surface area contributed by atoms with Crippen LogP contribution >= 0.6 is 0 Å². The SMILES string of the molecule is CCNC(=O)C(c1ccc(F)cc1)C1CCN(Cc2ccccc2)CC1. The van der Waals surface area contributed by atoms with Crippen molar-refractivity contribution in [3.8, 4) is 0 Å². The minimum atomic E-state index is -0.263.